The first-order valence-corrected chi connectivity index (χ1v) is 8.28. The molecule has 0 atom stereocenters. The van der Waals surface area contributed by atoms with E-state index in [4.69, 9.17) is 9.72 Å². The summed E-state index contributed by atoms with van der Waals surface area (Å²) < 4.78 is 7.70. The Morgan fingerprint density at radius 1 is 1.13 bits per heavy atom. The third-order valence-corrected chi connectivity index (χ3v) is 4.59. The molecule has 4 nitrogen and oxygen atoms in total. The van der Waals surface area contributed by atoms with Crippen LogP contribution in [0.1, 0.15) is 24.2 Å². The molecule has 118 valence electrons. The number of aromatic nitrogens is 3. The van der Waals surface area contributed by atoms with E-state index in [9.17, 15) is 0 Å². The van der Waals surface area contributed by atoms with Crippen LogP contribution >= 0.6 is 0 Å². The van der Waals surface area contributed by atoms with E-state index in [1.54, 1.807) is 0 Å². The number of hydrogen-bond acceptors (Lipinski definition) is 3. The van der Waals surface area contributed by atoms with Crippen LogP contribution in [0.25, 0.3) is 16.9 Å². The fourth-order valence-electron chi connectivity index (χ4n) is 3.27. The SMILES string of the molecule is Cc1ccc(-n2c(CC3CCOCC3)nc3cccnc32)cc1. The molecule has 1 aliphatic heterocycles. The lowest BCUT2D eigenvalue weighted by molar-refractivity contribution is 0.0659. The van der Waals surface area contributed by atoms with Gasteiger partial charge in [0.05, 0.1) is 0 Å². The third-order valence-electron chi connectivity index (χ3n) is 4.59. The van der Waals surface area contributed by atoms with Crippen LogP contribution in [0.5, 0.6) is 0 Å². The lowest BCUT2D eigenvalue weighted by atomic mass is 9.96. The molecule has 0 aliphatic carbocycles. The highest BCUT2D eigenvalue weighted by Crippen LogP contribution is 2.25. The van der Waals surface area contributed by atoms with Crippen LogP contribution in [0.4, 0.5) is 0 Å². The lowest BCUT2D eigenvalue weighted by Gasteiger charge is -2.22. The first kappa shape index (κ1) is 14.4. The lowest BCUT2D eigenvalue weighted by Crippen LogP contribution is -2.19. The summed E-state index contributed by atoms with van der Waals surface area (Å²) in [6.07, 6.45) is 5.05. The Hall–Kier alpha value is -2.20. The van der Waals surface area contributed by atoms with Crippen molar-refractivity contribution >= 4 is 11.2 Å². The first-order chi connectivity index (χ1) is 11.3. The average Bonchev–Trinajstić information content (AvgIpc) is 2.94. The normalized spacial score (nSPS) is 16.0. The second-order valence-corrected chi connectivity index (χ2v) is 6.30. The van der Waals surface area contributed by atoms with E-state index in [-0.39, 0.29) is 0 Å². The Morgan fingerprint density at radius 3 is 2.70 bits per heavy atom. The molecule has 4 rings (SSSR count). The fourth-order valence-corrected chi connectivity index (χ4v) is 3.27. The van der Waals surface area contributed by atoms with Crippen molar-refractivity contribution in [3.8, 4) is 5.69 Å². The molecule has 0 unspecified atom stereocenters. The number of rotatable bonds is 3. The van der Waals surface area contributed by atoms with Gasteiger partial charge in [-0.15, -0.1) is 0 Å². The Labute approximate surface area is 136 Å². The van der Waals surface area contributed by atoms with Crippen molar-refractivity contribution in [3.05, 3.63) is 54.0 Å². The van der Waals surface area contributed by atoms with E-state index < -0.39 is 0 Å². The molecule has 3 aromatic rings. The molecule has 0 spiro atoms. The van der Waals surface area contributed by atoms with Crippen LogP contribution in [-0.4, -0.2) is 27.7 Å². The summed E-state index contributed by atoms with van der Waals surface area (Å²) >= 11 is 0. The van der Waals surface area contributed by atoms with Crippen LogP contribution in [0, 0.1) is 12.8 Å². The second kappa shape index (κ2) is 6.13. The number of ether oxygens (including phenoxy) is 1. The first-order valence-electron chi connectivity index (χ1n) is 8.28. The van der Waals surface area contributed by atoms with Crippen LogP contribution in [0.2, 0.25) is 0 Å². The maximum absolute atomic E-state index is 5.48. The highest BCUT2D eigenvalue weighted by molar-refractivity contribution is 5.73. The molecule has 0 N–H and O–H groups in total. The largest absolute Gasteiger partial charge is 0.381 e. The van der Waals surface area contributed by atoms with Crippen LogP contribution in [0.3, 0.4) is 0 Å². The zero-order valence-electron chi connectivity index (χ0n) is 13.4. The quantitative estimate of drug-likeness (QED) is 0.741. The number of aryl methyl sites for hydroxylation is 1. The van der Waals surface area contributed by atoms with Gasteiger partial charge in [0.1, 0.15) is 11.3 Å². The Morgan fingerprint density at radius 2 is 1.91 bits per heavy atom. The summed E-state index contributed by atoms with van der Waals surface area (Å²) in [4.78, 5) is 9.43. The van der Waals surface area contributed by atoms with Gasteiger partial charge < -0.3 is 4.74 Å². The predicted octanol–water partition coefficient (Wildman–Crippen LogP) is 3.70. The maximum atomic E-state index is 5.48. The maximum Gasteiger partial charge on any atom is 0.164 e. The Balaban J connectivity index is 1.79. The number of fused-ring (bicyclic) bond motifs is 1. The Bertz CT molecular complexity index is 801. The van der Waals surface area contributed by atoms with E-state index in [2.05, 4.69) is 40.7 Å². The molecule has 0 saturated carbocycles. The molecular weight excluding hydrogens is 286 g/mol. The van der Waals surface area contributed by atoms with E-state index in [1.165, 1.54) is 5.56 Å². The molecule has 2 aromatic heterocycles. The van der Waals surface area contributed by atoms with E-state index in [0.717, 1.165) is 55.2 Å². The zero-order valence-corrected chi connectivity index (χ0v) is 13.4. The number of pyridine rings is 1. The standard InChI is InChI=1S/C19H21N3O/c1-14-4-6-16(7-5-14)22-18(13-15-8-11-23-12-9-15)21-17-3-2-10-20-19(17)22/h2-7,10,15H,8-9,11-13H2,1H3. The predicted molar refractivity (Wildman–Crippen MR) is 90.8 cm³/mol. The van der Waals surface area contributed by atoms with Crippen LogP contribution < -0.4 is 0 Å². The van der Waals surface area contributed by atoms with Gasteiger partial charge in [-0.1, -0.05) is 17.7 Å². The van der Waals surface area contributed by atoms with Crippen molar-refractivity contribution in [2.75, 3.05) is 13.2 Å². The van der Waals surface area contributed by atoms with Gasteiger partial charge in [-0.05, 0) is 49.9 Å². The topological polar surface area (TPSA) is 39.9 Å². The summed E-state index contributed by atoms with van der Waals surface area (Å²) in [6, 6.07) is 12.6. The number of hydrogen-bond donors (Lipinski definition) is 0. The summed E-state index contributed by atoms with van der Waals surface area (Å²) in [5.74, 6) is 1.75. The van der Waals surface area contributed by atoms with Gasteiger partial charge in [0, 0.05) is 31.5 Å². The van der Waals surface area contributed by atoms with Crippen LogP contribution in [0.15, 0.2) is 42.6 Å². The van der Waals surface area contributed by atoms with E-state index in [1.807, 2.05) is 18.3 Å². The van der Waals surface area contributed by atoms with E-state index >= 15 is 0 Å². The molecule has 1 aliphatic rings. The van der Waals surface area contributed by atoms with Crippen molar-refractivity contribution in [1.82, 2.24) is 14.5 Å². The third kappa shape index (κ3) is 2.86. The minimum absolute atomic E-state index is 0.643. The molecule has 0 bridgehead atoms. The van der Waals surface area contributed by atoms with Gasteiger partial charge in [-0.25, -0.2) is 9.97 Å². The highest BCUT2D eigenvalue weighted by Gasteiger charge is 2.20. The Kier molecular flexibility index (Phi) is 3.83. The summed E-state index contributed by atoms with van der Waals surface area (Å²) in [7, 11) is 0. The highest BCUT2D eigenvalue weighted by atomic mass is 16.5. The second-order valence-electron chi connectivity index (χ2n) is 6.30. The van der Waals surface area contributed by atoms with Crippen molar-refractivity contribution in [2.45, 2.75) is 26.2 Å². The van der Waals surface area contributed by atoms with Crippen molar-refractivity contribution in [1.29, 1.82) is 0 Å². The summed E-state index contributed by atoms with van der Waals surface area (Å²) in [6.45, 7) is 3.85. The van der Waals surface area contributed by atoms with Crippen molar-refractivity contribution in [2.24, 2.45) is 5.92 Å². The van der Waals surface area contributed by atoms with Gasteiger partial charge in [-0.2, -0.15) is 0 Å². The average molecular weight is 307 g/mol. The van der Waals surface area contributed by atoms with Gasteiger partial charge in [-0.3, -0.25) is 4.57 Å². The minimum atomic E-state index is 0.643. The summed E-state index contributed by atoms with van der Waals surface area (Å²) in [5.41, 5.74) is 4.31. The van der Waals surface area contributed by atoms with Gasteiger partial charge >= 0.3 is 0 Å². The smallest absolute Gasteiger partial charge is 0.164 e. The molecule has 23 heavy (non-hydrogen) atoms. The number of benzene rings is 1. The zero-order chi connectivity index (χ0) is 15.6. The fraction of sp³-hybridized carbons (Fsp3) is 0.368. The monoisotopic (exact) mass is 307 g/mol. The molecular formula is C19H21N3O. The van der Waals surface area contributed by atoms with Gasteiger partial charge in [0.15, 0.2) is 5.65 Å². The molecule has 4 heteroatoms. The number of imidazole rings is 1. The van der Waals surface area contributed by atoms with Gasteiger partial charge in [0.25, 0.3) is 0 Å². The van der Waals surface area contributed by atoms with E-state index in [0.29, 0.717) is 5.92 Å². The van der Waals surface area contributed by atoms with Gasteiger partial charge in [0.2, 0.25) is 0 Å². The van der Waals surface area contributed by atoms with Crippen molar-refractivity contribution in [3.63, 3.8) is 0 Å². The summed E-state index contributed by atoms with van der Waals surface area (Å²) in [5, 5.41) is 0. The minimum Gasteiger partial charge on any atom is -0.381 e. The number of nitrogens with zero attached hydrogens (tertiary/aromatic N) is 3. The molecule has 0 amide bonds. The molecule has 0 radical (unpaired) electrons. The molecule has 1 aromatic carbocycles. The van der Waals surface area contributed by atoms with Crippen molar-refractivity contribution < 1.29 is 4.74 Å². The molecule has 1 fully saturated rings. The molecule has 3 heterocycles. The molecule has 1 saturated heterocycles. The van der Waals surface area contributed by atoms with Crippen LogP contribution in [-0.2, 0) is 11.2 Å².